The minimum absolute atomic E-state index is 0.472. The lowest BCUT2D eigenvalue weighted by Gasteiger charge is -2.12. The van der Waals surface area contributed by atoms with Crippen LogP contribution in [0.2, 0.25) is 0 Å². The van der Waals surface area contributed by atoms with E-state index in [0.717, 1.165) is 0 Å². The van der Waals surface area contributed by atoms with Crippen LogP contribution in [0.4, 0.5) is 0 Å². The molecule has 0 spiro atoms. The maximum atomic E-state index is 10.1. The van der Waals surface area contributed by atoms with Crippen LogP contribution in [0.3, 0.4) is 0 Å². The van der Waals surface area contributed by atoms with Gasteiger partial charge < -0.3 is 19.6 Å². The molecule has 0 aliphatic rings. The standard InChI is InChI=1S/C3H11NO6P2/c1-3(2)4-11(5,6)10-12(7,8)9/h3,5-6H,1-2H3,(H2,7,8,9). The summed E-state index contributed by atoms with van der Waals surface area (Å²) in [5.74, 6) is 0. The van der Waals surface area contributed by atoms with Crippen LogP contribution in [0.15, 0.2) is 4.74 Å². The Hall–Kier alpha value is 0.260. The molecule has 0 radical (unpaired) electrons. The van der Waals surface area contributed by atoms with Gasteiger partial charge >= 0.3 is 15.6 Å². The first kappa shape index (κ1) is 12.3. The lowest BCUT2D eigenvalue weighted by Crippen LogP contribution is -1.92. The molecule has 0 aliphatic heterocycles. The average molecular weight is 219 g/mol. The van der Waals surface area contributed by atoms with Crippen LogP contribution in [0.25, 0.3) is 0 Å². The van der Waals surface area contributed by atoms with Gasteiger partial charge in [-0.25, -0.2) is 13.6 Å². The number of nitrogens with zero attached hydrogens (tertiary/aromatic N) is 1. The van der Waals surface area contributed by atoms with Gasteiger partial charge in [0.25, 0.3) is 0 Å². The summed E-state index contributed by atoms with van der Waals surface area (Å²) in [4.78, 5) is 34.0. The number of hydrogen-bond donors (Lipinski definition) is 4. The molecule has 74 valence electrons. The first-order valence-corrected chi connectivity index (χ1v) is 6.06. The molecule has 0 unspecified atom stereocenters. The fourth-order valence-corrected chi connectivity index (χ4v) is 2.38. The van der Waals surface area contributed by atoms with Crippen LogP contribution >= 0.6 is 15.6 Å². The zero-order chi connectivity index (χ0) is 9.99. The predicted octanol–water partition coefficient (Wildman–Crippen LogP) is 0.435. The second-order valence-electron chi connectivity index (χ2n) is 2.29. The molecule has 12 heavy (non-hydrogen) atoms. The Bertz CT molecular complexity index is 237. The average Bonchev–Trinajstić information content (AvgIpc) is 1.48. The van der Waals surface area contributed by atoms with Crippen molar-refractivity contribution in [3.8, 4) is 0 Å². The topological polar surface area (TPSA) is 120 Å². The molecule has 0 bridgehead atoms. The van der Waals surface area contributed by atoms with Crippen molar-refractivity contribution in [1.29, 1.82) is 0 Å². The van der Waals surface area contributed by atoms with E-state index in [0.29, 0.717) is 0 Å². The molecular formula is C3H11NO6P2. The van der Waals surface area contributed by atoms with Crippen LogP contribution < -0.4 is 0 Å². The molecule has 0 rings (SSSR count). The van der Waals surface area contributed by atoms with Crippen molar-refractivity contribution in [3.05, 3.63) is 0 Å². The van der Waals surface area contributed by atoms with Gasteiger partial charge in [-0.15, -0.1) is 0 Å². The zero-order valence-electron chi connectivity index (χ0n) is 6.52. The van der Waals surface area contributed by atoms with Gasteiger partial charge in [0.2, 0.25) is 0 Å². The van der Waals surface area contributed by atoms with Crippen LogP contribution in [0, 0.1) is 0 Å². The van der Waals surface area contributed by atoms with Crippen LogP contribution in [0.1, 0.15) is 13.8 Å². The molecule has 9 heteroatoms. The number of phosphoric acid groups is 1. The van der Waals surface area contributed by atoms with E-state index in [4.69, 9.17) is 19.6 Å². The Balaban J connectivity index is 4.54. The van der Waals surface area contributed by atoms with E-state index in [9.17, 15) is 4.57 Å². The fourth-order valence-electron chi connectivity index (χ4n) is 0.465. The first-order chi connectivity index (χ1) is 5.12. The highest BCUT2D eigenvalue weighted by Gasteiger charge is 2.26. The molecule has 7 nitrogen and oxygen atoms in total. The van der Waals surface area contributed by atoms with Crippen molar-refractivity contribution in [2.45, 2.75) is 19.9 Å². The Morgan fingerprint density at radius 3 is 1.92 bits per heavy atom. The maximum absolute atomic E-state index is 10.1. The van der Waals surface area contributed by atoms with Crippen molar-refractivity contribution < 1.29 is 28.4 Å². The molecule has 0 aromatic heterocycles. The molecule has 0 saturated heterocycles. The van der Waals surface area contributed by atoms with E-state index in [-0.39, 0.29) is 0 Å². The van der Waals surface area contributed by atoms with Crippen molar-refractivity contribution >= 4 is 15.6 Å². The van der Waals surface area contributed by atoms with E-state index in [2.05, 4.69) is 9.06 Å². The molecule has 0 aliphatic carbocycles. The van der Waals surface area contributed by atoms with E-state index in [1.165, 1.54) is 13.8 Å². The lowest BCUT2D eigenvalue weighted by molar-refractivity contribution is 0.253. The predicted molar refractivity (Wildman–Crippen MR) is 42.1 cm³/mol. The van der Waals surface area contributed by atoms with E-state index in [1.54, 1.807) is 0 Å². The monoisotopic (exact) mass is 219 g/mol. The second kappa shape index (κ2) is 3.98. The third-order valence-corrected chi connectivity index (χ3v) is 3.09. The van der Waals surface area contributed by atoms with Gasteiger partial charge in [-0.3, -0.25) is 0 Å². The highest BCUT2D eigenvalue weighted by molar-refractivity contribution is 7.61. The molecule has 0 saturated carbocycles. The molecule has 0 aromatic carbocycles. The minimum Gasteiger partial charge on any atom is -0.318 e. The third-order valence-electron chi connectivity index (χ3n) is 0.597. The fraction of sp³-hybridized carbons (Fsp3) is 1.00. The Kier molecular flexibility index (Phi) is 4.07. The third kappa shape index (κ3) is 6.94. The smallest absolute Gasteiger partial charge is 0.318 e. The summed E-state index contributed by atoms with van der Waals surface area (Å²) in [7, 11) is -9.15. The number of hydrogen-bond acceptors (Lipinski definition) is 3. The Labute approximate surface area is 69.6 Å². The summed E-state index contributed by atoms with van der Waals surface area (Å²) in [5.41, 5.74) is 0. The van der Waals surface area contributed by atoms with Gasteiger partial charge in [0.05, 0.1) is 0 Å². The quantitative estimate of drug-likeness (QED) is 0.511. The summed E-state index contributed by atoms with van der Waals surface area (Å²) in [6.45, 7) is 3.04. The highest BCUT2D eigenvalue weighted by Crippen LogP contribution is 2.56. The van der Waals surface area contributed by atoms with Crippen molar-refractivity contribution in [2.75, 3.05) is 0 Å². The van der Waals surface area contributed by atoms with Gasteiger partial charge in [0.15, 0.2) is 0 Å². The molecule has 4 N–H and O–H groups in total. The molecule has 0 aromatic rings. The SMILES string of the molecule is CC(C)N=P(O)(O)OP(=O)(O)O. The normalized spacial score (nSPS) is 13.6. The Morgan fingerprint density at radius 1 is 1.25 bits per heavy atom. The summed E-state index contributed by atoms with van der Waals surface area (Å²) in [5, 5.41) is 0. The second-order valence-corrected chi connectivity index (χ2v) is 5.19. The van der Waals surface area contributed by atoms with Gasteiger partial charge in [-0.2, -0.15) is 0 Å². The lowest BCUT2D eigenvalue weighted by atomic mass is 10.4. The van der Waals surface area contributed by atoms with Crippen molar-refractivity contribution in [1.82, 2.24) is 0 Å². The van der Waals surface area contributed by atoms with E-state index >= 15 is 0 Å². The molecule has 0 atom stereocenters. The van der Waals surface area contributed by atoms with Gasteiger partial charge in [0.1, 0.15) is 0 Å². The van der Waals surface area contributed by atoms with E-state index in [1.807, 2.05) is 0 Å². The summed E-state index contributed by atoms with van der Waals surface area (Å²) in [6, 6.07) is -0.472. The van der Waals surface area contributed by atoms with Crippen LogP contribution in [-0.4, -0.2) is 25.6 Å². The van der Waals surface area contributed by atoms with Crippen molar-refractivity contribution in [3.63, 3.8) is 0 Å². The minimum atomic E-state index is -4.89. The van der Waals surface area contributed by atoms with Crippen LogP contribution in [-0.2, 0) is 8.88 Å². The highest BCUT2D eigenvalue weighted by atomic mass is 31.3. The largest absolute Gasteiger partial charge is 0.477 e. The van der Waals surface area contributed by atoms with Gasteiger partial charge in [-0.1, -0.05) is 0 Å². The zero-order valence-corrected chi connectivity index (χ0v) is 8.31. The van der Waals surface area contributed by atoms with E-state index < -0.39 is 21.6 Å². The molecular weight excluding hydrogens is 208 g/mol. The summed E-state index contributed by atoms with van der Waals surface area (Å²) in [6.07, 6.45) is 0. The summed E-state index contributed by atoms with van der Waals surface area (Å²) >= 11 is 0. The first-order valence-electron chi connectivity index (χ1n) is 2.96. The Morgan fingerprint density at radius 2 is 1.67 bits per heavy atom. The maximum Gasteiger partial charge on any atom is 0.477 e. The molecule has 0 heterocycles. The molecule has 0 fully saturated rings. The van der Waals surface area contributed by atoms with Gasteiger partial charge in [-0.05, 0) is 13.8 Å². The van der Waals surface area contributed by atoms with Crippen molar-refractivity contribution in [2.24, 2.45) is 4.74 Å². The van der Waals surface area contributed by atoms with Crippen LogP contribution in [0.5, 0.6) is 0 Å². The summed E-state index contributed by atoms with van der Waals surface area (Å²) < 4.78 is 17.0. The number of rotatable bonds is 3. The molecule has 0 amide bonds. The van der Waals surface area contributed by atoms with Gasteiger partial charge in [0, 0.05) is 6.04 Å².